The smallest absolute Gasteiger partial charge is 0.222 e. The van der Waals surface area contributed by atoms with Gasteiger partial charge in [0, 0.05) is 40.4 Å². The molecule has 0 fully saturated rings. The molecule has 2 amide bonds. The molecule has 2 aliphatic heterocycles. The number of unbranched alkanes of at least 4 members (excludes halogenated alkanes) is 2. The molecule has 0 unspecified atom stereocenters. The van der Waals surface area contributed by atoms with E-state index < -0.39 is 12.1 Å². The highest BCUT2D eigenvalue weighted by molar-refractivity contribution is 6.30. The van der Waals surface area contributed by atoms with Crippen molar-refractivity contribution in [3.05, 3.63) is 141 Å². The van der Waals surface area contributed by atoms with Crippen molar-refractivity contribution >= 4 is 34.8 Å². The molecule has 15 heteroatoms. The van der Waals surface area contributed by atoms with E-state index in [2.05, 4.69) is 62.2 Å². The summed E-state index contributed by atoms with van der Waals surface area (Å²) < 4.78 is 16.7. The highest BCUT2D eigenvalue weighted by Crippen LogP contribution is 2.36. The normalized spacial score (nSPS) is 15.1. The van der Waals surface area contributed by atoms with Gasteiger partial charge in [0.1, 0.15) is 35.2 Å². The van der Waals surface area contributed by atoms with Crippen molar-refractivity contribution in [2.45, 2.75) is 78.8 Å². The van der Waals surface area contributed by atoms with Gasteiger partial charge in [0.15, 0.2) is 11.6 Å². The third-order valence-corrected chi connectivity index (χ3v) is 11.3. The third kappa shape index (κ3) is 9.41. The van der Waals surface area contributed by atoms with Crippen LogP contribution in [0, 0.1) is 20.8 Å². The van der Waals surface area contributed by atoms with Crippen LogP contribution in [0.15, 0.2) is 94.9 Å². The molecule has 8 rings (SSSR count). The lowest BCUT2D eigenvalue weighted by atomic mass is 9.99. The van der Waals surface area contributed by atoms with Gasteiger partial charge in [0.2, 0.25) is 11.8 Å². The average Bonchev–Trinajstić information content (AvgIpc) is 3.78. The number of hydrogen-bond donors (Lipinski definition) is 2. The lowest BCUT2D eigenvalue weighted by Crippen LogP contribution is -2.25. The van der Waals surface area contributed by atoms with Gasteiger partial charge in [-0.15, -0.1) is 20.4 Å². The number of aryl methyl sites for hydroxylation is 3. The second-order valence-electron chi connectivity index (χ2n) is 15.7. The van der Waals surface area contributed by atoms with Crippen molar-refractivity contribution in [3.8, 4) is 22.9 Å². The molecule has 0 aliphatic carbocycles. The van der Waals surface area contributed by atoms with Gasteiger partial charge < -0.3 is 20.1 Å². The molecule has 4 aromatic carbocycles. The van der Waals surface area contributed by atoms with E-state index in [1.807, 2.05) is 97.5 Å². The molecular formula is C48H51ClN10O4. The maximum atomic E-state index is 12.9. The number of carbonyl (C=O) groups excluding carboxylic acids is 2. The molecule has 324 valence electrons. The van der Waals surface area contributed by atoms with E-state index in [1.54, 1.807) is 0 Å². The summed E-state index contributed by atoms with van der Waals surface area (Å²) in [5.74, 6) is 3.86. The van der Waals surface area contributed by atoms with Crippen LogP contribution >= 0.6 is 11.6 Å². The Morgan fingerprint density at radius 1 is 0.603 bits per heavy atom. The van der Waals surface area contributed by atoms with Gasteiger partial charge in [0.25, 0.3) is 0 Å². The Bertz CT molecular complexity index is 2500. The Morgan fingerprint density at radius 3 is 1.49 bits per heavy atom. The second-order valence-corrected chi connectivity index (χ2v) is 16.1. The maximum absolute atomic E-state index is 12.9. The van der Waals surface area contributed by atoms with Crippen molar-refractivity contribution in [1.82, 2.24) is 40.2 Å². The third-order valence-electron chi connectivity index (χ3n) is 11.1. The average molecular weight is 867 g/mol. The number of carbonyl (C=O) groups is 2. The van der Waals surface area contributed by atoms with Crippen molar-refractivity contribution in [3.63, 3.8) is 0 Å². The number of ether oxygens (including phenoxy) is 2. The molecule has 0 saturated carbocycles. The maximum Gasteiger partial charge on any atom is 0.222 e. The number of rotatable bonds is 16. The van der Waals surface area contributed by atoms with E-state index in [4.69, 9.17) is 31.1 Å². The molecule has 2 aliphatic rings. The number of hydrogen-bond acceptors (Lipinski definition) is 10. The van der Waals surface area contributed by atoms with Crippen LogP contribution in [0.2, 0.25) is 5.02 Å². The van der Waals surface area contributed by atoms with E-state index >= 15 is 0 Å². The van der Waals surface area contributed by atoms with Crippen molar-refractivity contribution in [2.75, 3.05) is 26.3 Å². The van der Waals surface area contributed by atoms with Crippen molar-refractivity contribution in [2.24, 2.45) is 9.98 Å². The van der Waals surface area contributed by atoms with Crippen LogP contribution < -0.4 is 20.1 Å². The van der Waals surface area contributed by atoms with Crippen LogP contribution in [0.4, 0.5) is 0 Å². The molecule has 14 nitrogen and oxygen atoms in total. The summed E-state index contributed by atoms with van der Waals surface area (Å²) in [5.41, 5.74) is 7.90. The molecule has 0 bridgehead atoms. The van der Waals surface area contributed by atoms with Gasteiger partial charge in [-0.3, -0.25) is 28.7 Å². The van der Waals surface area contributed by atoms with Crippen LogP contribution in [0.25, 0.3) is 11.4 Å². The fraction of sp³-hybridized carbons (Fsp3) is 0.333. The molecule has 63 heavy (non-hydrogen) atoms. The number of fused-ring (bicyclic) bond motifs is 6. The molecule has 4 heterocycles. The quantitative estimate of drug-likeness (QED) is 0.0929. The molecular weight excluding hydrogens is 816 g/mol. The zero-order valence-electron chi connectivity index (χ0n) is 36.2. The van der Waals surface area contributed by atoms with Gasteiger partial charge in [-0.25, -0.2) is 0 Å². The SMILES string of the molecule is CCNC(=O)C[C@@H]1N=C(c2ccc(C)cc2)c2cc(OCCCCCOc3ccc4c(c3)C(c3ccc(Cl)cc3)=N[C@@H](CC(=O)NCC)c3nnc(C)n3-4)ccc2-n2c(C)nnc21. The van der Waals surface area contributed by atoms with Gasteiger partial charge in [-0.1, -0.05) is 53.6 Å². The summed E-state index contributed by atoms with van der Waals surface area (Å²) in [7, 11) is 0. The highest BCUT2D eigenvalue weighted by Gasteiger charge is 2.32. The first kappa shape index (κ1) is 43.0. The molecule has 2 aromatic heterocycles. The molecule has 0 radical (unpaired) electrons. The van der Waals surface area contributed by atoms with Crippen LogP contribution in [0.1, 0.15) is 109 Å². The minimum Gasteiger partial charge on any atom is -0.494 e. The standard InChI is InChI=1S/C48H51ClN10O4/c1-6-50-43(60)27-39-47-56-54-30(4)58(47)41-21-19-35(25-37(41)45(52-39)32-13-11-29(3)12-14-32)62-23-9-8-10-24-63-36-20-22-42-38(26-36)46(33-15-17-34(49)18-16-33)53-40(28-44(61)51-7-2)48-57-55-31(5)59(42)48/h11-22,25-26,39-40H,6-10,23-24,27-28H2,1-5H3,(H,50,60)(H,51,61)/t39-,40-/m0/s1. The summed E-state index contributed by atoms with van der Waals surface area (Å²) in [4.78, 5) is 36.1. The summed E-state index contributed by atoms with van der Waals surface area (Å²) in [5, 5.41) is 24.2. The first-order chi connectivity index (χ1) is 30.6. The number of benzene rings is 4. The lowest BCUT2D eigenvalue weighted by Gasteiger charge is -2.15. The molecule has 0 spiro atoms. The van der Waals surface area contributed by atoms with E-state index in [1.165, 1.54) is 0 Å². The van der Waals surface area contributed by atoms with Crippen LogP contribution in [0.5, 0.6) is 11.5 Å². The Morgan fingerprint density at radius 2 is 1.05 bits per heavy atom. The summed E-state index contributed by atoms with van der Waals surface area (Å²) in [6, 6.07) is 26.7. The fourth-order valence-electron chi connectivity index (χ4n) is 8.03. The zero-order valence-corrected chi connectivity index (χ0v) is 36.9. The van der Waals surface area contributed by atoms with Gasteiger partial charge in [0.05, 0.1) is 48.9 Å². The largest absolute Gasteiger partial charge is 0.494 e. The summed E-state index contributed by atoms with van der Waals surface area (Å²) in [6.07, 6.45) is 2.81. The van der Waals surface area contributed by atoms with E-state index in [-0.39, 0.29) is 24.7 Å². The second kappa shape index (κ2) is 19.2. The number of nitrogens with one attached hydrogen (secondary N) is 2. The molecule has 2 atom stereocenters. The predicted octanol–water partition coefficient (Wildman–Crippen LogP) is 7.89. The number of halogens is 1. The zero-order chi connectivity index (χ0) is 44.0. The number of aliphatic imine (C=N–C) groups is 2. The Kier molecular flexibility index (Phi) is 13.1. The Labute approximate surface area is 371 Å². The predicted molar refractivity (Wildman–Crippen MR) is 243 cm³/mol. The van der Waals surface area contributed by atoms with Crippen LogP contribution in [-0.2, 0) is 9.59 Å². The molecule has 2 N–H and O–H groups in total. The van der Waals surface area contributed by atoms with Gasteiger partial charge in [-0.05, 0) is 102 Å². The van der Waals surface area contributed by atoms with E-state index in [9.17, 15) is 9.59 Å². The first-order valence-corrected chi connectivity index (χ1v) is 21.9. The van der Waals surface area contributed by atoms with Crippen LogP contribution in [-0.4, -0.2) is 79.1 Å². The van der Waals surface area contributed by atoms with Gasteiger partial charge >= 0.3 is 0 Å². The monoisotopic (exact) mass is 866 g/mol. The Hall–Kier alpha value is -6.67. The topological polar surface area (TPSA) is 163 Å². The minimum atomic E-state index is -0.556. The molecule has 6 aromatic rings. The van der Waals surface area contributed by atoms with E-state index in [0.717, 1.165) is 75.6 Å². The van der Waals surface area contributed by atoms with Crippen molar-refractivity contribution < 1.29 is 19.1 Å². The lowest BCUT2D eigenvalue weighted by molar-refractivity contribution is -0.122. The number of amides is 2. The highest BCUT2D eigenvalue weighted by atomic mass is 35.5. The number of aromatic nitrogens is 6. The van der Waals surface area contributed by atoms with Gasteiger partial charge in [-0.2, -0.15) is 0 Å². The summed E-state index contributed by atoms with van der Waals surface area (Å²) in [6.45, 7) is 11.7. The van der Waals surface area contributed by atoms with E-state index in [0.29, 0.717) is 60.4 Å². The fourth-order valence-corrected chi connectivity index (χ4v) is 8.16. The molecule has 0 saturated heterocycles. The van der Waals surface area contributed by atoms with Crippen LogP contribution in [0.3, 0.4) is 0 Å². The first-order valence-electron chi connectivity index (χ1n) is 21.5. The number of nitrogens with zero attached hydrogens (tertiary/aromatic N) is 8. The minimum absolute atomic E-state index is 0.0940. The summed E-state index contributed by atoms with van der Waals surface area (Å²) >= 11 is 6.29. The van der Waals surface area contributed by atoms with Crippen molar-refractivity contribution in [1.29, 1.82) is 0 Å². The Balaban J connectivity index is 0.955.